The fraction of sp³-hybridized carbons (Fsp3) is 0. The molecule has 0 spiro atoms. The van der Waals surface area contributed by atoms with Crippen molar-refractivity contribution < 1.29 is 48.7 Å². The maximum Gasteiger partial charge on any atom is 3.00 e. The summed E-state index contributed by atoms with van der Waals surface area (Å²) in [6.07, 6.45) is 4.37. The number of carbonyl (C=O) groups is 3. The van der Waals surface area contributed by atoms with Crippen LogP contribution in [0.5, 0.6) is 17.2 Å². The number of esters is 3. The van der Waals surface area contributed by atoms with Crippen molar-refractivity contribution >= 4 is 65.7 Å². The van der Waals surface area contributed by atoms with E-state index < -0.39 is 17.9 Å². The van der Waals surface area contributed by atoms with E-state index in [0.717, 1.165) is 30.1 Å². The second kappa shape index (κ2) is 22.9. The SMILES string of the molecule is O=C(Oc1cnc(-c2[c-]ccc(Br)c2)cc1-c1ccccc1)c1cc(C(=O)Oc2cnc(-c3[c-]ccc(Br)c3)cc2-c2ccccc2)cc(C(=O)Oc2cnc(-c3[c-]ccc(Br)c3)cc2-c2ccccc2)c1.[Ir+3]. The van der Waals surface area contributed by atoms with Crippen LogP contribution in [-0.2, 0) is 20.1 Å². The third-order valence-electron chi connectivity index (χ3n) is 11.2. The van der Waals surface area contributed by atoms with Gasteiger partial charge in [-0.3, -0.25) is 0 Å². The number of rotatable bonds is 12. The van der Waals surface area contributed by atoms with Crippen molar-refractivity contribution in [2.75, 3.05) is 0 Å². The van der Waals surface area contributed by atoms with Crippen LogP contribution < -0.4 is 14.2 Å². The van der Waals surface area contributed by atoms with E-state index in [4.69, 9.17) is 14.2 Å². The average Bonchev–Trinajstić information content (AvgIpc) is 3.41. The topological polar surface area (TPSA) is 118 Å². The van der Waals surface area contributed by atoms with Crippen LogP contribution in [0.4, 0.5) is 0 Å². The zero-order valence-corrected chi connectivity index (χ0v) is 45.0. The Hall–Kier alpha value is -7.51. The van der Waals surface area contributed by atoms with Gasteiger partial charge in [0.25, 0.3) is 0 Å². The first kappa shape index (κ1) is 50.4. The van der Waals surface area contributed by atoms with Crippen molar-refractivity contribution in [2.45, 2.75) is 0 Å². The van der Waals surface area contributed by atoms with Crippen LogP contribution in [0.25, 0.3) is 67.2 Å². The van der Waals surface area contributed by atoms with Crippen molar-refractivity contribution in [3.05, 3.63) is 249 Å². The number of aromatic nitrogens is 3. The van der Waals surface area contributed by atoms with Gasteiger partial charge < -0.3 is 29.2 Å². The standard InChI is InChI=1S/C60H33Br3N3O6.Ir/c61-46-22-10-19-40(28-46)52-31-49(37-13-4-1-5-14-37)55(34-64-52)70-58(67)43-25-44(59(68)71-56-35-65-53(41-20-11-23-47(62)29-41)32-50(56)38-15-6-2-7-16-38)27-45(26-43)60(69)72-57-36-66-54(42-21-12-24-48(63)30-42)33-51(57)39-17-8-3-9-18-39;/h1-18,22-36H;/q-3;+3. The van der Waals surface area contributed by atoms with E-state index in [1.807, 2.05) is 146 Å². The molecule has 0 aliphatic heterocycles. The summed E-state index contributed by atoms with van der Waals surface area (Å²) < 4.78 is 20.9. The van der Waals surface area contributed by atoms with Crippen LogP contribution in [-0.4, -0.2) is 32.9 Å². The minimum Gasteiger partial charge on any atom is -0.421 e. The molecule has 354 valence electrons. The molecule has 10 aromatic rings. The van der Waals surface area contributed by atoms with Crippen molar-refractivity contribution in [1.29, 1.82) is 0 Å². The molecule has 7 aromatic carbocycles. The molecule has 0 atom stereocenters. The smallest absolute Gasteiger partial charge is 0.421 e. The first-order valence-electron chi connectivity index (χ1n) is 22.1. The number of nitrogens with zero attached hydrogens (tertiary/aromatic N) is 3. The van der Waals surface area contributed by atoms with E-state index in [2.05, 4.69) is 80.9 Å². The summed E-state index contributed by atoms with van der Waals surface area (Å²) in [6.45, 7) is 0. The molecule has 13 heteroatoms. The zero-order chi connectivity index (χ0) is 49.6. The molecule has 0 saturated carbocycles. The fourth-order valence-electron chi connectivity index (χ4n) is 7.76. The van der Waals surface area contributed by atoms with Gasteiger partial charge in [0, 0.05) is 16.7 Å². The summed E-state index contributed by atoms with van der Waals surface area (Å²) >= 11 is 10.6. The summed E-state index contributed by atoms with van der Waals surface area (Å²) in [5.41, 5.74) is 7.39. The number of ether oxygens (including phenoxy) is 3. The maximum atomic E-state index is 14.5. The van der Waals surface area contributed by atoms with Gasteiger partial charge in [-0.15, -0.1) is 89.5 Å². The zero-order valence-electron chi connectivity index (χ0n) is 37.8. The Morgan fingerprint density at radius 3 is 0.904 bits per heavy atom. The molecule has 0 amide bonds. The molecule has 0 N–H and O–H groups in total. The van der Waals surface area contributed by atoms with Crippen molar-refractivity contribution in [3.8, 4) is 84.4 Å². The third kappa shape index (κ3) is 11.9. The molecule has 0 saturated heterocycles. The summed E-state index contributed by atoms with van der Waals surface area (Å²) in [5.74, 6) is -2.27. The number of carbonyl (C=O) groups excluding carboxylic acids is 3. The predicted octanol–water partition coefficient (Wildman–Crippen LogP) is 15.2. The van der Waals surface area contributed by atoms with Gasteiger partial charge in [0.15, 0.2) is 17.2 Å². The summed E-state index contributed by atoms with van der Waals surface area (Å²) in [5, 5.41) is 0. The van der Waals surface area contributed by atoms with E-state index in [1.54, 1.807) is 18.2 Å². The number of pyridine rings is 3. The number of hydrogen-bond acceptors (Lipinski definition) is 9. The molecular formula is C60H33Br3IrN3O6. The average molecular weight is 1320 g/mol. The van der Waals surface area contributed by atoms with Gasteiger partial charge in [0.2, 0.25) is 0 Å². The van der Waals surface area contributed by atoms with E-state index in [1.165, 1.54) is 36.8 Å². The van der Waals surface area contributed by atoms with Gasteiger partial charge in [-0.1, -0.05) is 170 Å². The Morgan fingerprint density at radius 2 is 0.644 bits per heavy atom. The summed E-state index contributed by atoms with van der Waals surface area (Å²) in [7, 11) is 0. The van der Waals surface area contributed by atoms with Crippen molar-refractivity contribution in [2.24, 2.45) is 0 Å². The Morgan fingerprint density at radius 1 is 0.370 bits per heavy atom. The molecule has 3 aromatic heterocycles. The van der Waals surface area contributed by atoms with Crippen molar-refractivity contribution in [3.63, 3.8) is 0 Å². The van der Waals surface area contributed by atoms with E-state index in [0.29, 0.717) is 50.5 Å². The van der Waals surface area contributed by atoms with Crippen LogP contribution in [0.3, 0.4) is 0 Å². The second-order valence-electron chi connectivity index (χ2n) is 16.0. The largest absolute Gasteiger partial charge is 3.00 e. The molecule has 3 heterocycles. The van der Waals surface area contributed by atoms with Gasteiger partial charge in [0.05, 0.1) is 35.3 Å². The molecule has 0 radical (unpaired) electrons. The minimum absolute atomic E-state index is 0. The number of halogens is 3. The Kier molecular flexibility index (Phi) is 15.8. The molecule has 0 aliphatic carbocycles. The van der Waals surface area contributed by atoms with Gasteiger partial charge >= 0.3 is 38.0 Å². The quantitative estimate of drug-likeness (QED) is 0.0870. The van der Waals surface area contributed by atoms with E-state index >= 15 is 0 Å². The minimum atomic E-state index is -0.887. The van der Waals surface area contributed by atoms with Gasteiger partial charge in [-0.2, -0.15) is 0 Å². The van der Waals surface area contributed by atoms with Crippen LogP contribution in [0, 0.1) is 18.2 Å². The second-order valence-corrected chi connectivity index (χ2v) is 18.8. The molecule has 0 fully saturated rings. The fourth-order valence-corrected chi connectivity index (χ4v) is 8.84. The predicted molar refractivity (Wildman–Crippen MR) is 286 cm³/mol. The number of benzene rings is 7. The van der Waals surface area contributed by atoms with Gasteiger partial charge in [-0.25, -0.2) is 14.4 Å². The molecule has 10 rings (SSSR count). The van der Waals surface area contributed by atoms with Crippen LogP contribution in [0.2, 0.25) is 0 Å². The molecular weight excluding hydrogens is 1290 g/mol. The number of hydrogen-bond donors (Lipinski definition) is 0. The summed E-state index contributed by atoms with van der Waals surface area (Å²) in [4.78, 5) is 57.5. The monoisotopic (exact) mass is 1320 g/mol. The molecule has 0 bridgehead atoms. The Labute approximate surface area is 459 Å². The van der Waals surface area contributed by atoms with Crippen LogP contribution in [0.15, 0.2) is 214 Å². The first-order valence-corrected chi connectivity index (χ1v) is 24.5. The normalized spacial score (nSPS) is 10.7. The molecule has 0 aliphatic rings. The Balaban J connectivity index is 0.00000656. The molecule has 0 unspecified atom stereocenters. The van der Waals surface area contributed by atoms with Crippen molar-refractivity contribution in [1.82, 2.24) is 15.0 Å². The Bertz CT molecular complexity index is 3280. The maximum absolute atomic E-state index is 14.5. The van der Waals surface area contributed by atoms with Gasteiger partial charge in [-0.05, 0) is 52.0 Å². The van der Waals surface area contributed by atoms with Crippen LogP contribution >= 0.6 is 47.8 Å². The first-order chi connectivity index (χ1) is 35.1. The molecule has 9 nitrogen and oxygen atoms in total. The molecule has 73 heavy (non-hydrogen) atoms. The summed E-state index contributed by atoms with van der Waals surface area (Å²) in [6, 6.07) is 63.8. The third-order valence-corrected chi connectivity index (χ3v) is 12.7. The van der Waals surface area contributed by atoms with E-state index in [9.17, 15) is 14.4 Å². The van der Waals surface area contributed by atoms with Crippen LogP contribution in [0.1, 0.15) is 31.1 Å². The van der Waals surface area contributed by atoms with E-state index in [-0.39, 0.29) is 54.0 Å². The van der Waals surface area contributed by atoms with Gasteiger partial charge in [0.1, 0.15) is 0 Å².